The van der Waals surface area contributed by atoms with Crippen molar-refractivity contribution < 1.29 is 36.0 Å². The van der Waals surface area contributed by atoms with E-state index >= 15 is 0 Å². The van der Waals surface area contributed by atoms with Gasteiger partial charge in [-0.1, -0.05) is 48.9 Å². The van der Waals surface area contributed by atoms with E-state index in [1.165, 1.54) is 41.5 Å². The molecular formula is C35H37F3O5S. The Bertz CT molecular complexity index is 1700. The highest BCUT2D eigenvalue weighted by molar-refractivity contribution is 7.86. The molecule has 44 heavy (non-hydrogen) atoms. The average molecular weight is 627 g/mol. The first kappa shape index (κ1) is 30.9. The van der Waals surface area contributed by atoms with Crippen molar-refractivity contribution in [1.82, 2.24) is 0 Å². The molecule has 6 rings (SSSR count). The van der Waals surface area contributed by atoms with Gasteiger partial charge in [-0.05, 0) is 122 Å². The van der Waals surface area contributed by atoms with Gasteiger partial charge in [-0.3, -0.25) is 4.18 Å². The van der Waals surface area contributed by atoms with E-state index in [1.807, 2.05) is 19.1 Å². The van der Waals surface area contributed by atoms with Crippen molar-refractivity contribution >= 4 is 16.2 Å². The number of rotatable bonds is 6. The van der Waals surface area contributed by atoms with Crippen molar-refractivity contribution in [3.63, 3.8) is 0 Å². The van der Waals surface area contributed by atoms with Crippen molar-refractivity contribution in [2.24, 2.45) is 17.3 Å². The second-order valence-corrected chi connectivity index (χ2v) is 14.6. The number of hydrogen-bond acceptors (Lipinski definition) is 5. The van der Waals surface area contributed by atoms with E-state index in [0.717, 1.165) is 43.7 Å². The van der Waals surface area contributed by atoms with Crippen LogP contribution in [0.3, 0.4) is 0 Å². The molecule has 3 aromatic carbocycles. The number of halogens is 3. The molecule has 0 radical (unpaired) electrons. The van der Waals surface area contributed by atoms with E-state index in [-0.39, 0.29) is 27.7 Å². The van der Waals surface area contributed by atoms with Crippen molar-refractivity contribution in [1.29, 1.82) is 0 Å². The average Bonchev–Trinajstić information content (AvgIpc) is 3.25. The molecule has 2 fully saturated rings. The molecule has 3 aromatic rings. The van der Waals surface area contributed by atoms with Crippen LogP contribution in [0.5, 0.6) is 5.75 Å². The monoisotopic (exact) mass is 626 g/mol. The van der Waals surface area contributed by atoms with Crippen LogP contribution in [0.25, 0.3) is 6.08 Å². The summed E-state index contributed by atoms with van der Waals surface area (Å²) >= 11 is 0. The number of phenols is 1. The lowest BCUT2D eigenvalue weighted by Gasteiger charge is -2.52. The van der Waals surface area contributed by atoms with Gasteiger partial charge in [0.05, 0.1) is 22.7 Å². The zero-order chi connectivity index (χ0) is 31.5. The third-order valence-corrected chi connectivity index (χ3v) is 11.9. The fourth-order valence-electron chi connectivity index (χ4n) is 8.14. The van der Waals surface area contributed by atoms with Gasteiger partial charge in [-0.2, -0.15) is 21.6 Å². The van der Waals surface area contributed by atoms with Crippen LogP contribution in [0.15, 0.2) is 71.6 Å². The highest BCUT2D eigenvalue weighted by Crippen LogP contribution is 2.64. The number of aliphatic hydroxyl groups is 1. The zero-order valence-corrected chi connectivity index (χ0v) is 25.6. The highest BCUT2D eigenvalue weighted by Gasteiger charge is 2.60. The molecule has 2 N–H and O–H groups in total. The van der Waals surface area contributed by atoms with E-state index in [4.69, 9.17) is 4.18 Å². The van der Waals surface area contributed by atoms with Crippen molar-refractivity contribution in [3.8, 4) is 5.75 Å². The minimum absolute atomic E-state index is 0.0318. The lowest BCUT2D eigenvalue weighted by atomic mass is 9.53. The van der Waals surface area contributed by atoms with Crippen LogP contribution in [-0.4, -0.2) is 24.2 Å². The van der Waals surface area contributed by atoms with Gasteiger partial charge in [0, 0.05) is 5.41 Å². The molecule has 0 amide bonds. The first-order valence-corrected chi connectivity index (χ1v) is 16.5. The van der Waals surface area contributed by atoms with Gasteiger partial charge in [-0.25, -0.2) is 0 Å². The smallest absolute Gasteiger partial charge is 0.416 e. The molecule has 0 saturated heterocycles. The minimum atomic E-state index is -4.64. The van der Waals surface area contributed by atoms with E-state index in [1.54, 1.807) is 24.3 Å². The quantitative estimate of drug-likeness (QED) is 0.272. The van der Waals surface area contributed by atoms with Gasteiger partial charge in [0.2, 0.25) is 0 Å². The van der Waals surface area contributed by atoms with Gasteiger partial charge < -0.3 is 10.2 Å². The topological polar surface area (TPSA) is 83.8 Å². The summed E-state index contributed by atoms with van der Waals surface area (Å²) in [6.07, 6.45) is 2.89. The van der Waals surface area contributed by atoms with Gasteiger partial charge in [0.25, 0.3) is 10.1 Å². The SMILES string of the molecule is Cc1ccc(S(=O)(=O)OCc2ccc(C(F)(F)F)c(/C=C/[C@]3(O)CCC4C5CCc6cc(O)ccc6C5CC[C@@]43C)c2)cc1. The summed E-state index contributed by atoms with van der Waals surface area (Å²) in [7, 11) is -4.11. The maximum atomic E-state index is 14.0. The molecule has 3 aliphatic carbocycles. The molecule has 5 atom stereocenters. The van der Waals surface area contributed by atoms with Crippen molar-refractivity contribution in [3.05, 3.63) is 100 Å². The predicted molar refractivity (Wildman–Crippen MR) is 161 cm³/mol. The van der Waals surface area contributed by atoms with Crippen LogP contribution in [0.4, 0.5) is 13.2 Å². The lowest BCUT2D eigenvalue weighted by Crippen LogP contribution is -2.49. The number of benzene rings is 3. The number of alkyl halides is 3. The molecule has 3 unspecified atom stereocenters. The van der Waals surface area contributed by atoms with Crippen molar-refractivity contribution in [2.75, 3.05) is 0 Å². The lowest BCUT2D eigenvalue weighted by molar-refractivity contribution is -0.137. The molecular weight excluding hydrogens is 589 g/mol. The third-order valence-electron chi connectivity index (χ3n) is 10.6. The molecule has 3 aliphatic rings. The maximum absolute atomic E-state index is 14.0. The highest BCUT2D eigenvalue weighted by atomic mass is 32.2. The van der Waals surface area contributed by atoms with E-state index in [2.05, 4.69) is 6.92 Å². The van der Waals surface area contributed by atoms with Crippen LogP contribution >= 0.6 is 0 Å². The summed E-state index contributed by atoms with van der Waals surface area (Å²) in [5, 5.41) is 22.0. The number of hydrogen-bond donors (Lipinski definition) is 2. The summed E-state index contributed by atoms with van der Waals surface area (Å²) in [6.45, 7) is 3.47. The normalized spacial score (nSPS) is 28.5. The summed E-state index contributed by atoms with van der Waals surface area (Å²) < 4.78 is 72.6. The molecule has 2 saturated carbocycles. The molecule has 0 aliphatic heterocycles. The fraction of sp³-hybridized carbons (Fsp3) is 0.429. The Labute approximate surface area is 256 Å². The summed E-state index contributed by atoms with van der Waals surface area (Å²) in [5.41, 5.74) is 0.796. The maximum Gasteiger partial charge on any atom is 0.416 e. The predicted octanol–water partition coefficient (Wildman–Crippen LogP) is 7.93. The van der Waals surface area contributed by atoms with Crippen LogP contribution < -0.4 is 0 Å². The van der Waals surface area contributed by atoms with Crippen LogP contribution in [0.1, 0.15) is 78.3 Å². The molecule has 9 heteroatoms. The zero-order valence-electron chi connectivity index (χ0n) is 24.8. The minimum Gasteiger partial charge on any atom is -0.508 e. The first-order valence-electron chi connectivity index (χ1n) is 15.1. The number of phenolic OH excluding ortho intramolecular Hbond substituents is 1. The van der Waals surface area contributed by atoms with E-state index in [0.29, 0.717) is 18.3 Å². The Balaban J connectivity index is 1.25. The summed E-state index contributed by atoms with van der Waals surface area (Å²) in [5.74, 6) is 1.18. The van der Waals surface area contributed by atoms with E-state index < -0.39 is 39.5 Å². The molecule has 0 spiro atoms. The Morgan fingerprint density at radius 3 is 2.48 bits per heavy atom. The van der Waals surface area contributed by atoms with Gasteiger partial charge in [0.1, 0.15) is 5.75 Å². The Morgan fingerprint density at radius 2 is 1.75 bits per heavy atom. The second-order valence-electron chi connectivity index (χ2n) is 13.0. The standard InChI is InChI=1S/C35H37F3O5S/c1-22-3-8-27(9-4-22)44(41,42)43-21-23-5-12-31(35(36,37)38)25(19-23)13-17-34(40)18-15-32-30-10-6-24-20-26(39)7-11-28(24)29(30)14-16-33(32,34)2/h3-5,7-9,11-13,17,19-20,29-30,32,39-40H,6,10,14-16,18,21H2,1-2H3/b17-13+/t29?,30?,32?,33-,34-/m0/s1. The Hall–Kier alpha value is -3.14. The number of fused-ring (bicyclic) bond motifs is 5. The molecule has 0 heterocycles. The van der Waals surface area contributed by atoms with Gasteiger partial charge in [-0.15, -0.1) is 0 Å². The van der Waals surface area contributed by atoms with Crippen LogP contribution in [-0.2, 0) is 33.5 Å². The summed E-state index contributed by atoms with van der Waals surface area (Å²) in [4.78, 5) is -0.0318. The Morgan fingerprint density at radius 1 is 1.00 bits per heavy atom. The molecule has 0 bridgehead atoms. The fourth-order valence-corrected chi connectivity index (χ4v) is 9.03. The summed E-state index contributed by atoms with van der Waals surface area (Å²) in [6, 6.07) is 15.2. The Kier molecular flexibility index (Phi) is 7.74. The molecule has 5 nitrogen and oxygen atoms in total. The molecule has 0 aromatic heterocycles. The molecule has 234 valence electrons. The van der Waals surface area contributed by atoms with Crippen LogP contribution in [0, 0.1) is 24.2 Å². The van der Waals surface area contributed by atoms with Gasteiger partial charge >= 0.3 is 6.18 Å². The largest absolute Gasteiger partial charge is 0.508 e. The third kappa shape index (κ3) is 5.48. The second kappa shape index (κ2) is 11.0. The van der Waals surface area contributed by atoms with Gasteiger partial charge in [0.15, 0.2) is 0 Å². The van der Waals surface area contributed by atoms with Crippen molar-refractivity contribution in [2.45, 2.75) is 81.6 Å². The van der Waals surface area contributed by atoms with E-state index in [9.17, 15) is 31.8 Å². The number of aromatic hydroxyl groups is 1. The van der Waals surface area contributed by atoms with Crippen LogP contribution in [0.2, 0.25) is 0 Å². The number of aryl methyl sites for hydroxylation is 2. The first-order chi connectivity index (χ1) is 20.7.